The third-order valence-electron chi connectivity index (χ3n) is 4.09. The Labute approximate surface area is 146 Å². The zero-order chi connectivity index (χ0) is 16.8. The van der Waals surface area contributed by atoms with Crippen LogP contribution in [0.1, 0.15) is 11.1 Å². The molecule has 0 amide bonds. The number of nitro groups is 1. The van der Waals surface area contributed by atoms with E-state index in [0.29, 0.717) is 10.0 Å². The maximum absolute atomic E-state index is 11.1. The quantitative estimate of drug-likeness (QED) is 0.553. The predicted octanol–water partition coefficient (Wildman–Crippen LogP) is 4.44. The first-order valence-electron chi connectivity index (χ1n) is 7.41. The highest BCUT2D eigenvalue weighted by molar-refractivity contribution is 7.19. The molecule has 1 N–H and O–H groups in total. The molecule has 3 heterocycles. The molecule has 8 heteroatoms. The van der Waals surface area contributed by atoms with E-state index >= 15 is 0 Å². The molecule has 24 heavy (non-hydrogen) atoms. The molecule has 0 bridgehead atoms. The van der Waals surface area contributed by atoms with Crippen LogP contribution in [0, 0.1) is 17.0 Å². The number of aromatic nitrogens is 2. The fourth-order valence-corrected chi connectivity index (χ4v) is 3.98. The average Bonchev–Trinajstić information content (AvgIpc) is 3.24. The Kier molecular flexibility index (Phi) is 3.54. The van der Waals surface area contributed by atoms with Gasteiger partial charge in [-0.15, -0.1) is 11.3 Å². The molecule has 1 aromatic carbocycles. The summed E-state index contributed by atoms with van der Waals surface area (Å²) in [6, 6.07) is 8.63. The van der Waals surface area contributed by atoms with Crippen molar-refractivity contribution in [3.8, 4) is 16.3 Å². The van der Waals surface area contributed by atoms with Crippen molar-refractivity contribution >= 4 is 34.4 Å². The average molecular weight is 361 g/mol. The molecule has 1 aliphatic heterocycles. The van der Waals surface area contributed by atoms with Gasteiger partial charge in [0.25, 0.3) is 5.69 Å². The lowest BCUT2D eigenvalue weighted by molar-refractivity contribution is -0.384. The number of aryl methyl sites for hydroxylation is 1. The zero-order valence-corrected chi connectivity index (χ0v) is 14.3. The number of benzene rings is 1. The topological polar surface area (TPSA) is 73.0 Å². The van der Waals surface area contributed by atoms with E-state index in [0.717, 1.165) is 40.5 Å². The summed E-state index contributed by atoms with van der Waals surface area (Å²) in [4.78, 5) is 11.7. The number of anilines is 1. The standard InChI is InChI=1S/C16H13ClN4O2S/c1-9-2-3-10(21(22)23)8-12(9)20-16-11(6-7-18-16)15(19-20)13-4-5-14(17)24-13/h2-5,8,18H,6-7H2,1H3. The molecule has 0 aliphatic carbocycles. The lowest BCUT2D eigenvalue weighted by Gasteiger charge is -2.09. The van der Waals surface area contributed by atoms with Crippen LogP contribution >= 0.6 is 22.9 Å². The molecular formula is C16H13ClN4O2S. The van der Waals surface area contributed by atoms with Crippen molar-refractivity contribution in [3.63, 3.8) is 0 Å². The van der Waals surface area contributed by atoms with Crippen molar-refractivity contribution in [1.29, 1.82) is 0 Å². The molecule has 4 rings (SSSR count). The van der Waals surface area contributed by atoms with Crippen molar-refractivity contribution in [2.45, 2.75) is 13.3 Å². The van der Waals surface area contributed by atoms with Crippen LogP contribution in [0.25, 0.3) is 16.3 Å². The van der Waals surface area contributed by atoms with Crippen molar-refractivity contribution in [2.75, 3.05) is 11.9 Å². The molecule has 6 nitrogen and oxygen atoms in total. The van der Waals surface area contributed by atoms with Crippen LogP contribution in [0.15, 0.2) is 30.3 Å². The van der Waals surface area contributed by atoms with E-state index in [-0.39, 0.29) is 10.6 Å². The van der Waals surface area contributed by atoms with Crippen molar-refractivity contribution in [2.24, 2.45) is 0 Å². The van der Waals surface area contributed by atoms with Gasteiger partial charge >= 0.3 is 0 Å². The molecule has 0 atom stereocenters. The summed E-state index contributed by atoms with van der Waals surface area (Å²) < 4.78 is 2.49. The second kappa shape index (κ2) is 5.61. The van der Waals surface area contributed by atoms with Crippen LogP contribution in [0.4, 0.5) is 11.5 Å². The molecule has 0 saturated heterocycles. The summed E-state index contributed by atoms with van der Waals surface area (Å²) in [5, 5.41) is 19.2. The highest BCUT2D eigenvalue weighted by Gasteiger charge is 2.26. The summed E-state index contributed by atoms with van der Waals surface area (Å²) in [6.45, 7) is 2.75. The molecule has 0 radical (unpaired) electrons. The minimum atomic E-state index is -0.389. The van der Waals surface area contributed by atoms with Gasteiger partial charge in [0.05, 0.1) is 19.8 Å². The van der Waals surface area contributed by atoms with E-state index in [1.165, 1.54) is 17.4 Å². The van der Waals surface area contributed by atoms with Gasteiger partial charge in [0.15, 0.2) is 0 Å². The first-order chi connectivity index (χ1) is 11.5. The molecule has 122 valence electrons. The third kappa shape index (κ3) is 2.37. The Bertz CT molecular complexity index is 963. The van der Waals surface area contributed by atoms with E-state index in [4.69, 9.17) is 16.7 Å². The van der Waals surface area contributed by atoms with Gasteiger partial charge in [-0.05, 0) is 31.0 Å². The largest absolute Gasteiger partial charge is 0.369 e. The van der Waals surface area contributed by atoms with Gasteiger partial charge in [-0.2, -0.15) is 5.10 Å². The summed E-state index contributed by atoms with van der Waals surface area (Å²) >= 11 is 7.54. The van der Waals surface area contributed by atoms with Gasteiger partial charge in [-0.25, -0.2) is 4.68 Å². The van der Waals surface area contributed by atoms with Gasteiger partial charge < -0.3 is 5.32 Å². The van der Waals surface area contributed by atoms with Crippen LogP contribution in [0.3, 0.4) is 0 Å². The van der Waals surface area contributed by atoms with E-state index < -0.39 is 0 Å². The number of fused-ring (bicyclic) bond motifs is 1. The second-order valence-corrected chi connectivity index (χ2v) is 7.31. The molecule has 0 saturated carbocycles. The molecule has 0 fully saturated rings. The minimum absolute atomic E-state index is 0.0542. The zero-order valence-electron chi connectivity index (χ0n) is 12.7. The van der Waals surface area contributed by atoms with Crippen molar-refractivity contribution in [3.05, 3.63) is 55.9 Å². The number of thiophene rings is 1. The van der Waals surface area contributed by atoms with Crippen LogP contribution in [0.5, 0.6) is 0 Å². The molecule has 1 aliphatic rings. The third-order valence-corrected chi connectivity index (χ3v) is 5.33. The van der Waals surface area contributed by atoms with Crippen LogP contribution in [0.2, 0.25) is 4.34 Å². The molecule has 0 spiro atoms. The minimum Gasteiger partial charge on any atom is -0.369 e. The lowest BCUT2D eigenvalue weighted by atomic mass is 10.1. The first-order valence-corrected chi connectivity index (χ1v) is 8.61. The monoisotopic (exact) mass is 360 g/mol. The van der Waals surface area contributed by atoms with Crippen LogP contribution in [-0.4, -0.2) is 21.2 Å². The number of halogens is 1. The SMILES string of the molecule is Cc1ccc([N+](=O)[O-])cc1-n1nc(-c2ccc(Cl)s2)c2c1NCC2. The Morgan fingerprint density at radius 1 is 1.38 bits per heavy atom. The van der Waals surface area contributed by atoms with Crippen molar-refractivity contribution in [1.82, 2.24) is 9.78 Å². The Hall–Kier alpha value is -2.38. The Morgan fingerprint density at radius 3 is 2.92 bits per heavy atom. The molecule has 2 aromatic heterocycles. The lowest BCUT2D eigenvalue weighted by Crippen LogP contribution is -2.06. The normalized spacial score (nSPS) is 12.9. The number of rotatable bonds is 3. The Morgan fingerprint density at radius 2 is 2.21 bits per heavy atom. The van der Waals surface area contributed by atoms with E-state index in [1.54, 1.807) is 16.8 Å². The fourth-order valence-electron chi connectivity index (χ4n) is 2.93. The van der Waals surface area contributed by atoms with Gasteiger partial charge in [-0.1, -0.05) is 17.7 Å². The van der Waals surface area contributed by atoms with Crippen molar-refractivity contribution < 1.29 is 4.92 Å². The first kappa shape index (κ1) is 15.2. The van der Waals surface area contributed by atoms with E-state index in [2.05, 4.69) is 5.32 Å². The second-order valence-electron chi connectivity index (χ2n) is 5.60. The highest BCUT2D eigenvalue weighted by atomic mass is 35.5. The van der Waals surface area contributed by atoms with Crippen LogP contribution < -0.4 is 5.32 Å². The fraction of sp³-hybridized carbons (Fsp3) is 0.188. The number of nitrogens with one attached hydrogen (secondary N) is 1. The number of hydrogen-bond donors (Lipinski definition) is 1. The number of nitrogens with zero attached hydrogens (tertiary/aromatic N) is 3. The maximum Gasteiger partial charge on any atom is 0.271 e. The summed E-state index contributed by atoms with van der Waals surface area (Å²) in [7, 11) is 0. The van der Waals surface area contributed by atoms with Gasteiger partial charge in [0.2, 0.25) is 0 Å². The van der Waals surface area contributed by atoms with Gasteiger partial charge in [0.1, 0.15) is 11.5 Å². The number of nitro benzene ring substituents is 1. The van der Waals surface area contributed by atoms with E-state index in [1.807, 2.05) is 19.1 Å². The number of hydrogen-bond acceptors (Lipinski definition) is 5. The molecular weight excluding hydrogens is 348 g/mol. The van der Waals surface area contributed by atoms with E-state index in [9.17, 15) is 10.1 Å². The number of non-ortho nitro benzene ring substituents is 1. The Balaban J connectivity index is 1.91. The summed E-state index contributed by atoms with van der Waals surface area (Å²) in [5.74, 6) is 0.901. The molecule has 0 unspecified atom stereocenters. The maximum atomic E-state index is 11.1. The molecule has 3 aromatic rings. The van der Waals surface area contributed by atoms with Gasteiger partial charge in [0, 0.05) is 24.2 Å². The van der Waals surface area contributed by atoms with Crippen LogP contribution in [-0.2, 0) is 6.42 Å². The summed E-state index contributed by atoms with van der Waals surface area (Å²) in [6.07, 6.45) is 0.869. The smallest absolute Gasteiger partial charge is 0.271 e. The van der Waals surface area contributed by atoms with Gasteiger partial charge in [-0.3, -0.25) is 10.1 Å². The summed E-state index contributed by atoms with van der Waals surface area (Å²) in [5.41, 5.74) is 3.70. The highest BCUT2D eigenvalue weighted by Crippen LogP contribution is 2.39. The predicted molar refractivity (Wildman–Crippen MR) is 95.5 cm³/mol.